The van der Waals surface area contributed by atoms with Gasteiger partial charge in [0.1, 0.15) is 0 Å². The maximum atomic E-state index is 11.4. The quantitative estimate of drug-likeness (QED) is 0.687. The van der Waals surface area contributed by atoms with Crippen molar-refractivity contribution in [2.45, 2.75) is 13.1 Å². The topological polar surface area (TPSA) is 20.3 Å². The normalized spacial score (nSPS) is 14.4. The second-order valence-electron chi connectivity index (χ2n) is 3.15. The molecule has 0 atom stereocenters. The molecule has 0 N–H and O–H groups in total. The number of benzene rings is 1. The molecule has 0 radical (unpaired) electrons. The number of halogens is 1. The Kier molecular flexibility index (Phi) is 2.36. The van der Waals surface area contributed by atoms with E-state index in [-0.39, 0.29) is 5.91 Å². The van der Waals surface area contributed by atoms with Crippen LogP contribution in [0.25, 0.3) is 0 Å². The van der Waals surface area contributed by atoms with E-state index in [4.69, 9.17) is 0 Å². The van der Waals surface area contributed by atoms with Gasteiger partial charge in [0.15, 0.2) is 0 Å². The van der Waals surface area contributed by atoms with Crippen LogP contribution in [0, 0.1) is 0 Å². The van der Waals surface area contributed by atoms with Crippen LogP contribution in [0.4, 0.5) is 0 Å². The summed E-state index contributed by atoms with van der Waals surface area (Å²) in [6.07, 6.45) is 0. The number of rotatable bonds is 1. The molecule has 1 aliphatic rings. The molecule has 0 spiro atoms. The number of carbonyl (C=O) groups excluding carboxylic acids is 1. The van der Waals surface area contributed by atoms with Gasteiger partial charge in [0.05, 0.1) is 5.33 Å². The van der Waals surface area contributed by atoms with Gasteiger partial charge in [-0.15, -0.1) is 0 Å². The van der Waals surface area contributed by atoms with Crippen LogP contribution >= 0.6 is 15.9 Å². The van der Waals surface area contributed by atoms with Gasteiger partial charge < -0.3 is 4.90 Å². The molecular formula is C10H10BrNO. The highest BCUT2D eigenvalue weighted by Gasteiger charge is 2.21. The molecule has 1 amide bonds. The van der Waals surface area contributed by atoms with E-state index in [1.807, 2.05) is 17.0 Å². The average molecular weight is 240 g/mol. The lowest BCUT2D eigenvalue weighted by atomic mass is 10.1. The average Bonchev–Trinajstić information content (AvgIpc) is 2.59. The van der Waals surface area contributed by atoms with Gasteiger partial charge in [0.25, 0.3) is 0 Å². The molecule has 0 saturated carbocycles. The van der Waals surface area contributed by atoms with Gasteiger partial charge in [0.2, 0.25) is 5.91 Å². The van der Waals surface area contributed by atoms with E-state index in [2.05, 4.69) is 28.1 Å². The minimum Gasteiger partial charge on any atom is -0.333 e. The smallest absolute Gasteiger partial charge is 0.233 e. The molecule has 0 fully saturated rings. The molecule has 0 aliphatic carbocycles. The van der Waals surface area contributed by atoms with E-state index in [1.165, 1.54) is 11.1 Å². The lowest BCUT2D eigenvalue weighted by molar-refractivity contribution is -0.128. The fraction of sp³-hybridized carbons (Fsp3) is 0.300. The van der Waals surface area contributed by atoms with Gasteiger partial charge in [-0.1, -0.05) is 40.2 Å². The molecule has 0 saturated heterocycles. The Morgan fingerprint density at radius 3 is 2.31 bits per heavy atom. The maximum absolute atomic E-state index is 11.4. The highest BCUT2D eigenvalue weighted by molar-refractivity contribution is 9.09. The maximum Gasteiger partial charge on any atom is 0.233 e. The molecule has 0 bridgehead atoms. The van der Waals surface area contributed by atoms with E-state index >= 15 is 0 Å². The summed E-state index contributed by atoms with van der Waals surface area (Å²) in [6, 6.07) is 8.19. The summed E-state index contributed by atoms with van der Waals surface area (Å²) in [6.45, 7) is 1.53. The number of hydrogen-bond donors (Lipinski definition) is 0. The Hall–Kier alpha value is -0.830. The molecule has 1 aliphatic heterocycles. The summed E-state index contributed by atoms with van der Waals surface area (Å²) in [5.74, 6) is 0.163. The van der Waals surface area contributed by atoms with Crippen LogP contribution < -0.4 is 0 Å². The number of nitrogens with zero attached hydrogens (tertiary/aromatic N) is 1. The molecule has 2 rings (SSSR count). The van der Waals surface area contributed by atoms with E-state index in [1.54, 1.807) is 0 Å². The van der Waals surface area contributed by atoms with Crippen LogP contribution in [0.15, 0.2) is 24.3 Å². The Balaban J connectivity index is 2.18. The second kappa shape index (κ2) is 3.50. The number of alkyl halides is 1. The van der Waals surface area contributed by atoms with Crippen molar-refractivity contribution in [3.8, 4) is 0 Å². The minimum atomic E-state index is 0.163. The van der Waals surface area contributed by atoms with Crippen LogP contribution in [-0.2, 0) is 17.9 Å². The summed E-state index contributed by atoms with van der Waals surface area (Å²) >= 11 is 3.18. The first kappa shape index (κ1) is 8.75. The largest absolute Gasteiger partial charge is 0.333 e. The molecule has 68 valence electrons. The zero-order valence-corrected chi connectivity index (χ0v) is 8.75. The van der Waals surface area contributed by atoms with Gasteiger partial charge in [-0.3, -0.25) is 4.79 Å². The predicted molar refractivity (Wildman–Crippen MR) is 54.5 cm³/mol. The van der Waals surface area contributed by atoms with Crippen LogP contribution in [0.5, 0.6) is 0 Å². The summed E-state index contributed by atoms with van der Waals surface area (Å²) in [7, 11) is 0. The Morgan fingerprint density at radius 2 is 1.85 bits per heavy atom. The third-order valence-corrected chi connectivity index (χ3v) is 2.79. The summed E-state index contributed by atoms with van der Waals surface area (Å²) in [5, 5.41) is 0.418. The van der Waals surface area contributed by atoms with Crippen molar-refractivity contribution < 1.29 is 4.79 Å². The highest BCUT2D eigenvalue weighted by Crippen LogP contribution is 2.22. The summed E-state index contributed by atoms with van der Waals surface area (Å²) in [5.41, 5.74) is 2.55. The van der Waals surface area contributed by atoms with Crippen LogP contribution in [-0.4, -0.2) is 16.1 Å². The molecule has 0 unspecified atom stereocenters. The van der Waals surface area contributed by atoms with Gasteiger partial charge in [-0.2, -0.15) is 0 Å². The first-order valence-corrected chi connectivity index (χ1v) is 5.34. The molecular weight excluding hydrogens is 230 g/mol. The zero-order valence-electron chi connectivity index (χ0n) is 7.16. The van der Waals surface area contributed by atoms with Gasteiger partial charge in [-0.25, -0.2) is 0 Å². The van der Waals surface area contributed by atoms with E-state index in [9.17, 15) is 4.79 Å². The molecule has 1 aromatic rings. The third kappa shape index (κ3) is 1.61. The standard InChI is InChI=1S/C10H10BrNO/c11-5-10(13)12-6-8-3-1-2-4-9(8)7-12/h1-4H,5-7H2. The van der Waals surface area contributed by atoms with Crippen LogP contribution in [0.2, 0.25) is 0 Å². The second-order valence-corrected chi connectivity index (χ2v) is 3.71. The lowest BCUT2D eigenvalue weighted by Crippen LogP contribution is -2.25. The first-order valence-electron chi connectivity index (χ1n) is 4.22. The number of hydrogen-bond acceptors (Lipinski definition) is 1. The van der Waals surface area contributed by atoms with Gasteiger partial charge in [0, 0.05) is 13.1 Å². The molecule has 3 heteroatoms. The number of amides is 1. The van der Waals surface area contributed by atoms with Crippen LogP contribution in [0.1, 0.15) is 11.1 Å². The molecule has 13 heavy (non-hydrogen) atoms. The molecule has 2 nitrogen and oxygen atoms in total. The summed E-state index contributed by atoms with van der Waals surface area (Å²) in [4.78, 5) is 13.2. The minimum absolute atomic E-state index is 0.163. The van der Waals surface area contributed by atoms with Crippen molar-refractivity contribution in [1.82, 2.24) is 4.90 Å². The lowest BCUT2D eigenvalue weighted by Gasteiger charge is -2.12. The van der Waals surface area contributed by atoms with Crippen LogP contribution in [0.3, 0.4) is 0 Å². The fourth-order valence-electron chi connectivity index (χ4n) is 1.59. The Morgan fingerprint density at radius 1 is 1.31 bits per heavy atom. The Bertz CT molecular complexity index is 312. The third-order valence-electron chi connectivity index (χ3n) is 2.31. The van der Waals surface area contributed by atoms with Crippen molar-refractivity contribution in [2.24, 2.45) is 0 Å². The zero-order chi connectivity index (χ0) is 9.26. The molecule has 0 aromatic heterocycles. The Labute approximate surface area is 85.7 Å². The van der Waals surface area contributed by atoms with Crippen molar-refractivity contribution in [3.05, 3.63) is 35.4 Å². The number of fused-ring (bicyclic) bond motifs is 1. The fourth-order valence-corrected chi connectivity index (χ4v) is 1.95. The molecule has 1 heterocycles. The SMILES string of the molecule is O=C(CBr)N1Cc2ccccc2C1. The van der Waals surface area contributed by atoms with Gasteiger partial charge >= 0.3 is 0 Å². The van der Waals surface area contributed by atoms with Crippen molar-refractivity contribution >= 4 is 21.8 Å². The van der Waals surface area contributed by atoms with Crippen molar-refractivity contribution in [2.75, 3.05) is 5.33 Å². The predicted octanol–water partition coefficient (Wildman–Crippen LogP) is 1.92. The highest BCUT2D eigenvalue weighted by atomic mass is 79.9. The summed E-state index contributed by atoms with van der Waals surface area (Å²) < 4.78 is 0. The first-order chi connectivity index (χ1) is 6.31. The van der Waals surface area contributed by atoms with Crippen molar-refractivity contribution in [1.29, 1.82) is 0 Å². The van der Waals surface area contributed by atoms with Crippen molar-refractivity contribution in [3.63, 3.8) is 0 Å². The van der Waals surface area contributed by atoms with E-state index in [0.29, 0.717) is 5.33 Å². The number of carbonyl (C=O) groups is 1. The monoisotopic (exact) mass is 239 g/mol. The molecule has 1 aromatic carbocycles. The van der Waals surface area contributed by atoms with E-state index < -0.39 is 0 Å². The van der Waals surface area contributed by atoms with E-state index in [0.717, 1.165) is 13.1 Å². The van der Waals surface area contributed by atoms with Gasteiger partial charge in [-0.05, 0) is 11.1 Å².